The largest absolute Gasteiger partial charge is 0.476 e. The number of carbonyl (C=O) groups excluding carboxylic acids is 2. The van der Waals surface area contributed by atoms with Gasteiger partial charge in [-0.25, -0.2) is 17.6 Å². The van der Waals surface area contributed by atoms with Gasteiger partial charge in [0.25, 0.3) is 23.0 Å². The molecule has 3 unspecified atom stereocenters. The summed E-state index contributed by atoms with van der Waals surface area (Å²) in [5.74, 6) is -5.37. The predicted molar refractivity (Wildman–Crippen MR) is 262 cm³/mol. The first-order valence-electron chi connectivity index (χ1n) is 23.3. The van der Waals surface area contributed by atoms with Gasteiger partial charge in [-0.05, 0) is 99.6 Å². The molecule has 2 saturated heterocycles. The lowest BCUT2D eigenvalue weighted by atomic mass is 9.86. The number of likely N-dealkylation sites (tertiary alicyclic amines) is 1. The summed E-state index contributed by atoms with van der Waals surface area (Å²) in [6, 6.07) is 8.43. The maximum atomic E-state index is 14.8. The van der Waals surface area contributed by atoms with E-state index in [4.69, 9.17) is 15.2 Å². The SMILES string of the molecule is C.CC(C)c1cc(C2CNCCC2(F)F)c[nH]c1=O.CC(N)c1cc(C2CN([C@@H](C)C(=O)Nc3ccc(OCC4CC4)nn3)CCC2(F)F)c[nH]c1=O.C[C@@H](Br)C(=O)Nc1ccc(OCC2CC2)nn1. The van der Waals surface area contributed by atoms with E-state index in [9.17, 15) is 36.7 Å². The van der Waals surface area contributed by atoms with Gasteiger partial charge in [-0.2, -0.15) is 0 Å². The number of nitrogens with zero attached hydrogens (tertiary/aromatic N) is 5. The molecule has 8 rings (SSSR count). The summed E-state index contributed by atoms with van der Waals surface area (Å²) in [6.45, 7) is 10.7. The Balaban J connectivity index is 0.000000214. The molecule has 4 aromatic rings. The van der Waals surface area contributed by atoms with Crippen LogP contribution in [0.25, 0.3) is 0 Å². The van der Waals surface area contributed by atoms with E-state index in [0.29, 0.717) is 65.9 Å². The van der Waals surface area contributed by atoms with Gasteiger partial charge in [0, 0.05) is 80.7 Å². The number of H-pyrrole nitrogens is 2. The summed E-state index contributed by atoms with van der Waals surface area (Å²) in [5, 5.41) is 24.0. The van der Waals surface area contributed by atoms with E-state index in [-0.39, 0.29) is 73.0 Å². The van der Waals surface area contributed by atoms with Gasteiger partial charge in [-0.3, -0.25) is 24.1 Å². The second kappa shape index (κ2) is 24.7. The highest BCUT2D eigenvalue weighted by molar-refractivity contribution is 9.10. The Morgan fingerprint density at radius 3 is 1.74 bits per heavy atom. The number of rotatable bonds is 15. The molecule has 2 saturated carbocycles. The minimum Gasteiger partial charge on any atom is -0.476 e. The van der Waals surface area contributed by atoms with E-state index in [1.54, 1.807) is 56.0 Å². The number of ether oxygens (including phenoxy) is 2. The fourth-order valence-electron chi connectivity index (χ4n) is 7.55. The van der Waals surface area contributed by atoms with Crippen LogP contribution in [0.4, 0.5) is 29.2 Å². The van der Waals surface area contributed by atoms with Crippen molar-refractivity contribution in [2.24, 2.45) is 17.6 Å². The summed E-state index contributed by atoms with van der Waals surface area (Å²) in [4.78, 5) is 54.3. The summed E-state index contributed by atoms with van der Waals surface area (Å²) in [5.41, 5.74) is 6.85. The molecule has 22 heteroatoms. The molecule has 0 spiro atoms. The molecule has 5 atom stereocenters. The van der Waals surface area contributed by atoms with E-state index in [1.165, 1.54) is 31.3 Å². The molecule has 70 heavy (non-hydrogen) atoms. The molecule has 0 aromatic carbocycles. The maximum Gasteiger partial charge on any atom is 0.257 e. The molecular weight excluding hydrogens is 982 g/mol. The molecule has 384 valence electrons. The molecule has 17 nitrogen and oxygen atoms in total. The zero-order valence-electron chi connectivity index (χ0n) is 39.4. The maximum absolute atomic E-state index is 14.8. The lowest BCUT2D eigenvalue weighted by Crippen LogP contribution is -2.52. The number of anilines is 2. The van der Waals surface area contributed by atoms with Crippen molar-refractivity contribution >= 4 is 39.4 Å². The van der Waals surface area contributed by atoms with Crippen LogP contribution in [0.5, 0.6) is 11.8 Å². The van der Waals surface area contributed by atoms with Gasteiger partial charge in [0.2, 0.25) is 23.6 Å². The standard InChI is InChI=1S/C23H30F2N6O3.C13H18F2N2O.C11H14BrN3O2.CH4/c1-13(26)17-9-16(10-27-22(17)33)18-11-31(8-7-23(18,24)25)14(2)21(32)28-19-5-6-20(30-29-19)34-12-15-3-4-15;1-8(2)10-5-9(6-17-12(10)18)11-7-16-4-3-13(11,14)15;1-7(12)11(16)13-9-4-5-10(15-14-9)17-6-8-2-3-8;/h5-6,9-10,13-15,18H,3-4,7-8,11-12,26H2,1-2H3,(H,27,33)(H,28,29,32);5-6,8,11,16H,3-4,7H2,1-2H3,(H,17,18);4-5,7-8H,2-3,6H2,1H3,(H,13,14,16);1H4/t13?,14-,18?;;7-;/m0.1./s1. The Bertz CT molecular complexity index is 2450. The number of aromatic amines is 2. The van der Waals surface area contributed by atoms with Gasteiger partial charge in [-0.15, -0.1) is 20.4 Å². The number of hydrogen-bond acceptors (Lipinski definition) is 13. The van der Waals surface area contributed by atoms with E-state index in [2.05, 4.69) is 62.2 Å². The van der Waals surface area contributed by atoms with Gasteiger partial charge >= 0.3 is 0 Å². The Hall–Kier alpha value is -5.32. The Labute approximate surface area is 413 Å². The van der Waals surface area contributed by atoms with Crippen molar-refractivity contribution < 1.29 is 36.6 Å². The third kappa shape index (κ3) is 15.8. The smallest absolute Gasteiger partial charge is 0.257 e. The van der Waals surface area contributed by atoms with E-state index in [0.717, 1.165) is 12.8 Å². The molecule has 0 radical (unpaired) electrons. The number of nitrogens with one attached hydrogen (secondary N) is 5. The molecule has 4 aromatic heterocycles. The second-order valence-electron chi connectivity index (χ2n) is 18.5. The lowest BCUT2D eigenvalue weighted by molar-refractivity contribution is -0.125. The summed E-state index contributed by atoms with van der Waals surface area (Å²) < 4.78 is 68.4. The fourth-order valence-corrected chi connectivity index (χ4v) is 7.66. The average molecular weight is 1050 g/mol. The molecule has 0 bridgehead atoms. The van der Waals surface area contributed by atoms with Gasteiger partial charge in [0.1, 0.15) is 0 Å². The number of piperidine rings is 2. The fraction of sp³-hybridized carbons (Fsp3) is 0.583. The second-order valence-corrected chi connectivity index (χ2v) is 19.9. The molecule has 2 aliphatic heterocycles. The molecule has 7 N–H and O–H groups in total. The summed E-state index contributed by atoms with van der Waals surface area (Å²) in [6.07, 6.45) is 6.97. The van der Waals surface area contributed by atoms with Gasteiger partial charge in [-0.1, -0.05) is 37.2 Å². The van der Waals surface area contributed by atoms with Crippen molar-refractivity contribution in [3.8, 4) is 11.8 Å². The van der Waals surface area contributed by atoms with Crippen LogP contribution in [0.1, 0.15) is 127 Å². The molecule has 2 amide bonds. The molecule has 4 fully saturated rings. The van der Waals surface area contributed by atoms with E-state index < -0.39 is 47.7 Å². The first kappa shape index (κ1) is 55.6. The van der Waals surface area contributed by atoms with Crippen LogP contribution >= 0.6 is 15.9 Å². The van der Waals surface area contributed by atoms with Crippen molar-refractivity contribution in [2.75, 3.05) is 50.0 Å². The quantitative estimate of drug-likeness (QED) is 0.0509. The van der Waals surface area contributed by atoms with Gasteiger partial charge < -0.3 is 41.1 Å². The topological polar surface area (TPSA) is 235 Å². The van der Waals surface area contributed by atoms with Crippen LogP contribution in [-0.2, 0) is 9.59 Å². The lowest BCUT2D eigenvalue weighted by Gasteiger charge is -2.40. The van der Waals surface area contributed by atoms with Crippen LogP contribution in [0.2, 0.25) is 0 Å². The Morgan fingerprint density at radius 1 is 0.771 bits per heavy atom. The minimum atomic E-state index is -2.98. The van der Waals surface area contributed by atoms with Crippen molar-refractivity contribution in [1.29, 1.82) is 0 Å². The number of aromatic nitrogens is 6. The van der Waals surface area contributed by atoms with Crippen molar-refractivity contribution in [3.63, 3.8) is 0 Å². The predicted octanol–water partition coefficient (Wildman–Crippen LogP) is 7.26. The highest BCUT2D eigenvalue weighted by Crippen LogP contribution is 2.41. The zero-order valence-corrected chi connectivity index (χ0v) is 41.0. The number of hydrogen-bond donors (Lipinski definition) is 6. The first-order chi connectivity index (χ1) is 32.7. The Kier molecular flexibility index (Phi) is 19.6. The first-order valence-corrected chi connectivity index (χ1v) is 24.2. The molecule has 2 aliphatic carbocycles. The third-order valence-electron chi connectivity index (χ3n) is 12.4. The number of nitrogens with two attached hydrogens (primary N) is 1. The zero-order chi connectivity index (χ0) is 50.0. The number of amides is 2. The number of halogens is 5. The Morgan fingerprint density at radius 2 is 1.27 bits per heavy atom. The summed E-state index contributed by atoms with van der Waals surface area (Å²) in [7, 11) is 0. The number of alkyl halides is 5. The highest BCUT2D eigenvalue weighted by Gasteiger charge is 2.47. The van der Waals surface area contributed by atoms with Crippen molar-refractivity contribution in [1.82, 2.24) is 40.6 Å². The van der Waals surface area contributed by atoms with E-state index >= 15 is 0 Å². The highest BCUT2D eigenvalue weighted by atomic mass is 79.9. The third-order valence-corrected chi connectivity index (χ3v) is 12.8. The van der Waals surface area contributed by atoms with Crippen LogP contribution < -0.4 is 42.3 Å². The number of carbonyl (C=O) groups is 2. The normalized spacial score (nSPS) is 20.7. The van der Waals surface area contributed by atoms with E-state index in [1.807, 2.05) is 13.8 Å². The minimum absolute atomic E-state index is 0. The summed E-state index contributed by atoms with van der Waals surface area (Å²) >= 11 is 3.17. The van der Waals surface area contributed by atoms with Crippen LogP contribution in [0.15, 0.2) is 58.4 Å². The van der Waals surface area contributed by atoms with Crippen LogP contribution in [0.3, 0.4) is 0 Å². The van der Waals surface area contributed by atoms with Crippen molar-refractivity contribution in [2.45, 2.75) is 127 Å². The number of pyridine rings is 2. The average Bonchev–Trinajstić information content (AvgIpc) is 4.26. The molecule has 6 heterocycles. The van der Waals surface area contributed by atoms with Crippen LogP contribution in [-0.4, -0.2) is 109 Å². The monoisotopic (exact) mass is 1050 g/mol. The van der Waals surface area contributed by atoms with Gasteiger partial charge in [0.05, 0.1) is 35.9 Å². The van der Waals surface area contributed by atoms with Crippen LogP contribution in [0, 0.1) is 11.8 Å². The molecule has 4 aliphatic rings. The molecular formula is C48H66BrF4N11O6. The van der Waals surface area contributed by atoms with Crippen molar-refractivity contribution in [3.05, 3.63) is 91.8 Å². The van der Waals surface area contributed by atoms with Gasteiger partial charge in [0.15, 0.2) is 11.6 Å².